The Hall–Kier alpha value is -4.34. The number of sulfonamides is 1. The van der Waals surface area contributed by atoms with E-state index < -0.39 is 16.1 Å². The summed E-state index contributed by atoms with van der Waals surface area (Å²) < 4.78 is 27.4. The van der Waals surface area contributed by atoms with Crippen molar-refractivity contribution in [3.05, 3.63) is 132 Å². The second-order valence-corrected chi connectivity index (χ2v) is 12.6. The topological polar surface area (TPSA) is 99.7 Å². The summed E-state index contributed by atoms with van der Waals surface area (Å²) in [5.41, 5.74) is 3.19. The first kappa shape index (κ1) is 30.1. The maximum atomic E-state index is 13.9. The van der Waals surface area contributed by atoms with Gasteiger partial charge in [-0.15, -0.1) is 0 Å². The zero-order valence-corrected chi connectivity index (χ0v) is 24.8. The van der Waals surface area contributed by atoms with Gasteiger partial charge in [-0.05, 0) is 60.2 Å². The average Bonchev–Trinajstić information content (AvgIpc) is 3.61. The Labute approximate surface area is 253 Å². The van der Waals surface area contributed by atoms with Crippen molar-refractivity contribution < 1.29 is 18.0 Å². The van der Waals surface area contributed by atoms with Crippen molar-refractivity contribution in [3.8, 4) is 0 Å². The quantitative estimate of drug-likeness (QED) is 0.251. The highest BCUT2D eigenvalue weighted by Crippen LogP contribution is 2.26. The van der Waals surface area contributed by atoms with Crippen LogP contribution in [0.3, 0.4) is 0 Å². The van der Waals surface area contributed by atoms with Crippen molar-refractivity contribution in [3.63, 3.8) is 0 Å². The summed E-state index contributed by atoms with van der Waals surface area (Å²) in [5, 5.41) is 2.98. The van der Waals surface area contributed by atoms with Crippen LogP contribution in [0.1, 0.15) is 47.7 Å². The zero-order valence-electron chi connectivity index (χ0n) is 24.0. The van der Waals surface area contributed by atoms with Gasteiger partial charge in [0.2, 0.25) is 21.8 Å². The van der Waals surface area contributed by atoms with Gasteiger partial charge in [0.05, 0.1) is 17.1 Å². The standard InChI is InChI=1S/C34H36N4O4S/c39-32(21-18-27-16-19-31(20-17-27)43(41,42)37-23-9-10-24-37)38(26-28-11-3-1-4-12-28)33(29-13-5-2-6-14-29)34(40)36-25-30-15-7-8-22-35-30/h1-8,11-17,19-20,22,33H,9-10,18,21,23-26H2,(H,36,40)/t33-/m1/s1. The van der Waals surface area contributed by atoms with Crippen LogP contribution in [0.25, 0.3) is 0 Å². The van der Waals surface area contributed by atoms with E-state index in [4.69, 9.17) is 0 Å². The maximum Gasteiger partial charge on any atom is 0.247 e. The lowest BCUT2D eigenvalue weighted by Crippen LogP contribution is -2.43. The third kappa shape index (κ3) is 7.74. The number of rotatable bonds is 12. The molecule has 0 aliphatic carbocycles. The van der Waals surface area contributed by atoms with Gasteiger partial charge in [0.1, 0.15) is 6.04 Å². The maximum absolute atomic E-state index is 13.9. The third-order valence-electron chi connectivity index (χ3n) is 7.62. The van der Waals surface area contributed by atoms with E-state index in [2.05, 4.69) is 10.3 Å². The molecule has 1 saturated heterocycles. The van der Waals surface area contributed by atoms with Crippen LogP contribution in [0.2, 0.25) is 0 Å². The molecule has 3 aromatic carbocycles. The summed E-state index contributed by atoms with van der Waals surface area (Å²) >= 11 is 0. The average molecular weight is 597 g/mol. The molecule has 0 bridgehead atoms. The lowest BCUT2D eigenvalue weighted by Gasteiger charge is -2.32. The van der Waals surface area contributed by atoms with Crippen LogP contribution in [0.15, 0.2) is 114 Å². The van der Waals surface area contributed by atoms with Gasteiger partial charge in [-0.2, -0.15) is 4.31 Å². The van der Waals surface area contributed by atoms with Crippen LogP contribution in [-0.2, 0) is 39.1 Å². The molecule has 0 saturated carbocycles. The SMILES string of the molecule is O=C(NCc1ccccn1)[C@@H](c1ccccc1)N(Cc1ccccc1)C(=O)CCc1ccc(S(=O)(=O)N2CCCC2)cc1. The highest BCUT2D eigenvalue weighted by molar-refractivity contribution is 7.89. The molecule has 2 amide bonds. The first-order chi connectivity index (χ1) is 20.9. The van der Waals surface area contributed by atoms with E-state index in [0.29, 0.717) is 25.1 Å². The Bertz CT molecular complexity index is 1590. The predicted octanol–water partition coefficient (Wildman–Crippen LogP) is 4.89. The van der Waals surface area contributed by atoms with Crippen LogP contribution in [-0.4, -0.2) is 47.5 Å². The van der Waals surface area contributed by atoms with Crippen molar-refractivity contribution in [1.29, 1.82) is 0 Å². The number of aryl methyl sites for hydroxylation is 1. The molecule has 0 radical (unpaired) electrons. The molecular formula is C34H36N4O4S. The molecule has 8 nitrogen and oxygen atoms in total. The van der Waals surface area contributed by atoms with Crippen LogP contribution in [0.5, 0.6) is 0 Å². The van der Waals surface area contributed by atoms with Crippen molar-refractivity contribution in [2.24, 2.45) is 0 Å². The van der Waals surface area contributed by atoms with Gasteiger partial charge >= 0.3 is 0 Å². The first-order valence-electron chi connectivity index (χ1n) is 14.6. The van der Waals surface area contributed by atoms with E-state index in [1.165, 1.54) is 4.31 Å². The number of amides is 2. The molecule has 43 heavy (non-hydrogen) atoms. The van der Waals surface area contributed by atoms with Gasteiger partial charge in [-0.25, -0.2) is 8.42 Å². The van der Waals surface area contributed by atoms with Gasteiger partial charge in [0.25, 0.3) is 0 Å². The number of hydrogen-bond donors (Lipinski definition) is 1. The number of carbonyl (C=O) groups is 2. The number of hydrogen-bond acceptors (Lipinski definition) is 5. The molecule has 1 aromatic heterocycles. The minimum Gasteiger partial charge on any atom is -0.348 e. The lowest BCUT2D eigenvalue weighted by molar-refractivity contribution is -0.141. The van der Waals surface area contributed by atoms with E-state index in [0.717, 1.165) is 29.7 Å². The van der Waals surface area contributed by atoms with Crippen molar-refractivity contribution in [2.75, 3.05) is 13.1 Å². The highest BCUT2D eigenvalue weighted by Gasteiger charge is 2.31. The minimum atomic E-state index is -3.50. The Balaban J connectivity index is 1.36. The molecule has 4 aromatic rings. The summed E-state index contributed by atoms with van der Waals surface area (Å²) in [7, 11) is -3.50. The summed E-state index contributed by atoms with van der Waals surface area (Å²) in [5.74, 6) is -0.475. The molecule has 1 aliphatic heterocycles. The Kier molecular flexibility index (Phi) is 9.96. The molecule has 1 aliphatic rings. The smallest absolute Gasteiger partial charge is 0.247 e. The zero-order chi connectivity index (χ0) is 30.1. The first-order valence-corrected chi connectivity index (χ1v) is 16.0. The fourth-order valence-corrected chi connectivity index (χ4v) is 6.81. The molecule has 9 heteroatoms. The largest absolute Gasteiger partial charge is 0.348 e. The molecule has 2 heterocycles. The molecule has 5 rings (SSSR count). The van der Waals surface area contributed by atoms with Crippen LogP contribution in [0, 0.1) is 0 Å². The predicted molar refractivity (Wildman–Crippen MR) is 165 cm³/mol. The van der Waals surface area contributed by atoms with Crippen molar-refractivity contribution in [2.45, 2.75) is 49.7 Å². The fraction of sp³-hybridized carbons (Fsp3) is 0.265. The molecule has 1 N–H and O–H groups in total. The summed E-state index contributed by atoms with van der Waals surface area (Å²) in [4.78, 5) is 33.9. The van der Waals surface area contributed by atoms with Crippen molar-refractivity contribution >= 4 is 21.8 Å². The summed E-state index contributed by atoms with van der Waals surface area (Å²) in [6.07, 6.45) is 4.00. The molecule has 0 unspecified atom stereocenters. The van der Waals surface area contributed by atoms with Crippen molar-refractivity contribution in [1.82, 2.24) is 19.5 Å². The number of pyridine rings is 1. The molecule has 1 atom stereocenters. The number of benzene rings is 3. The van der Waals surface area contributed by atoms with Crippen LogP contribution in [0.4, 0.5) is 0 Å². The molecule has 0 spiro atoms. The molecule has 222 valence electrons. The van der Waals surface area contributed by atoms with Gasteiger partial charge < -0.3 is 10.2 Å². The normalized spacial score (nSPS) is 14.2. The second kappa shape index (κ2) is 14.2. The Morgan fingerprint density at radius 2 is 1.47 bits per heavy atom. The van der Waals surface area contributed by atoms with E-state index in [-0.39, 0.29) is 36.2 Å². The van der Waals surface area contributed by atoms with E-state index in [1.54, 1.807) is 35.4 Å². The fourth-order valence-electron chi connectivity index (χ4n) is 5.29. The lowest BCUT2D eigenvalue weighted by atomic mass is 10.0. The molecular weight excluding hydrogens is 560 g/mol. The minimum absolute atomic E-state index is 0.155. The Morgan fingerprint density at radius 3 is 2.12 bits per heavy atom. The Morgan fingerprint density at radius 1 is 0.814 bits per heavy atom. The second-order valence-electron chi connectivity index (χ2n) is 10.6. The van der Waals surface area contributed by atoms with Gasteiger partial charge in [0.15, 0.2) is 0 Å². The number of nitrogens with one attached hydrogen (secondary N) is 1. The van der Waals surface area contributed by atoms with Gasteiger partial charge in [0, 0.05) is 32.3 Å². The van der Waals surface area contributed by atoms with E-state index in [1.807, 2.05) is 78.9 Å². The van der Waals surface area contributed by atoms with E-state index in [9.17, 15) is 18.0 Å². The highest BCUT2D eigenvalue weighted by atomic mass is 32.2. The molecule has 1 fully saturated rings. The number of carbonyl (C=O) groups excluding carboxylic acids is 2. The van der Waals surface area contributed by atoms with Crippen LogP contribution < -0.4 is 5.32 Å². The van der Waals surface area contributed by atoms with Gasteiger partial charge in [-0.1, -0.05) is 78.9 Å². The van der Waals surface area contributed by atoms with E-state index >= 15 is 0 Å². The summed E-state index contributed by atoms with van der Waals surface area (Å²) in [6, 6.07) is 30.4. The van der Waals surface area contributed by atoms with Crippen LogP contribution >= 0.6 is 0 Å². The number of aromatic nitrogens is 1. The monoisotopic (exact) mass is 596 g/mol. The number of nitrogens with zero attached hydrogens (tertiary/aromatic N) is 3. The van der Waals surface area contributed by atoms with Gasteiger partial charge in [-0.3, -0.25) is 14.6 Å². The third-order valence-corrected chi connectivity index (χ3v) is 9.53. The summed E-state index contributed by atoms with van der Waals surface area (Å²) in [6.45, 7) is 1.59.